The van der Waals surface area contributed by atoms with Crippen LogP contribution in [0.5, 0.6) is 0 Å². The van der Waals surface area contributed by atoms with Crippen molar-refractivity contribution in [1.29, 1.82) is 0 Å². The number of amides is 1. The normalized spacial score (nSPS) is 11.7. The first-order valence-electron chi connectivity index (χ1n) is 11.0. The van der Waals surface area contributed by atoms with E-state index in [1.54, 1.807) is 37.1 Å². The predicted molar refractivity (Wildman–Crippen MR) is 130 cm³/mol. The minimum atomic E-state index is -0.485. The Hall–Kier alpha value is -4.37. The van der Waals surface area contributed by atoms with Gasteiger partial charge >= 0.3 is 0 Å². The van der Waals surface area contributed by atoms with Crippen LogP contribution in [0, 0.1) is 5.82 Å². The van der Waals surface area contributed by atoms with Gasteiger partial charge in [-0.2, -0.15) is 0 Å². The number of rotatable bonds is 8. The summed E-state index contributed by atoms with van der Waals surface area (Å²) in [6.07, 6.45) is 4.56. The van der Waals surface area contributed by atoms with Crippen molar-refractivity contribution in [3.05, 3.63) is 112 Å². The lowest BCUT2D eigenvalue weighted by molar-refractivity contribution is -0.117. The van der Waals surface area contributed by atoms with E-state index in [0.29, 0.717) is 16.7 Å². The maximum absolute atomic E-state index is 13.3. The smallest absolute Gasteiger partial charge is 0.291 e. The van der Waals surface area contributed by atoms with Crippen LogP contribution in [0.2, 0.25) is 0 Å². The van der Waals surface area contributed by atoms with Crippen molar-refractivity contribution in [2.24, 2.45) is 0 Å². The van der Waals surface area contributed by atoms with Crippen molar-refractivity contribution >= 4 is 17.4 Å². The van der Waals surface area contributed by atoms with Gasteiger partial charge in [0, 0.05) is 23.5 Å². The van der Waals surface area contributed by atoms with Crippen molar-refractivity contribution in [2.45, 2.75) is 19.5 Å². The number of hydrogen-bond acceptors (Lipinski definition) is 5. The summed E-state index contributed by atoms with van der Waals surface area (Å²) < 4.78 is 16.3. The van der Waals surface area contributed by atoms with Gasteiger partial charge in [-0.05, 0) is 62.0 Å². The zero-order chi connectivity index (χ0) is 24.9. The molecule has 0 unspecified atom stereocenters. The molecule has 0 spiro atoms. The van der Waals surface area contributed by atoms with E-state index < -0.39 is 17.4 Å². The van der Waals surface area contributed by atoms with Gasteiger partial charge in [0.15, 0.2) is 5.78 Å². The summed E-state index contributed by atoms with van der Waals surface area (Å²) >= 11 is 0. The van der Waals surface area contributed by atoms with Gasteiger partial charge in [-0.1, -0.05) is 18.2 Å². The number of ketones is 1. The molecule has 9 heteroatoms. The molecule has 1 atom stereocenters. The summed E-state index contributed by atoms with van der Waals surface area (Å²) in [5.41, 5.74) is 1.71. The summed E-state index contributed by atoms with van der Waals surface area (Å²) in [4.78, 5) is 42.7. The Morgan fingerprint density at radius 1 is 1.03 bits per heavy atom. The molecule has 0 bridgehead atoms. The number of benzene rings is 2. The number of carbonyl (C=O) groups excluding carboxylic acids is 2. The average Bonchev–Trinajstić information content (AvgIpc) is 3.18. The summed E-state index contributed by atoms with van der Waals surface area (Å²) in [5, 5.41) is 5.52. The molecule has 0 radical (unpaired) electrons. The number of aromatic nitrogens is 3. The predicted octanol–water partition coefficient (Wildman–Crippen LogP) is 3.00. The second-order valence-corrected chi connectivity index (χ2v) is 8.00. The quantitative estimate of drug-likeness (QED) is 0.384. The molecule has 2 aromatic carbocycles. The zero-order valence-corrected chi connectivity index (χ0v) is 19.2. The molecule has 8 nitrogen and oxygen atoms in total. The summed E-state index contributed by atoms with van der Waals surface area (Å²) in [5.74, 6) is -1.07. The third kappa shape index (κ3) is 5.25. The molecule has 2 N–H and O–H groups in total. The van der Waals surface area contributed by atoms with Crippen molar-refractivity contribution in [2.75, 3.05) is 12.4 Å². The highest BCUT2D eigenvalue weighted by Crippen LogP contribution is 2.15. The monoisotopic (exact) mass is 473 g/mol. The molecule has 0 aliphatic carbocycles. The number of hydrogen-bond donors (Lipinski definition) is 2. The Labute approximate surface area is 201 Å². The molecule has 2 aromatic heterocycles. The van der Waals surface area contributed by atoms with E-state index in [2.05, 4.69) is 15.6 Å². The van der Waals surface area contributed by atoms with Gasteiger partial charge in [0.05, 0.1) is 24.5 Å². The lowest BCUT2D eigenvalue weighted by Gasteiger charge is -2.12. The Bertz CT molecular complexity index is 1410. The molecule has 0 saturated carbocycles. The SMILES string of the molecule is CN[C@@H](C)C(=O)Nc1cn(-c2ccccc2)n(Cc2cncc(C(=O)c3ccc(F)cc3)c2)c1=O. The van der Waals surface area contributed by atoms with Crippen molar-refractivity contribution < 1.29 is 14.0 Å². The van der Waals surface area contributed by atoms with Crippen molar-refractivity contribution in [3.8, 4) is 5.69 Å². The first kappa shape index (κ1) is 23.8. The number of carbonyl (C=O) groups is 2. The molecule has 0 saturated heterocycles. The van der Waals surface area contributed by atoms with Crippen molar-refractivity contribution in [3.63, 3.8) is 0 Å². The third-order valence-corrected chi connectivity index (χ3v) is 5.58. The fourth-order valence-corrected chi connectivity index (χ4v) is 3.52. The standard InChI is InChI=1S/C26H24FN5O3/c1-17(28-2)25(34)30-23-16-31(22-6-4-3-5-7-22)32(26(23)35)15-18-12-20(14-29-13-18)24(33)19-8-10-21(27)11-9-19/h3-14,16-17,28H,15H2,1-2H3,(H,30,34)/t17-/m0/s1. The van der Waals surface area contributed by atoms with Crippen molar-refractivity contribution in [1.82, 2.24) is 19.7 Å². The van der Waals surface area contributed by atoms with Crippen LogP contribution in [0.25, 0.3) is 5.69 Å². The van der Waals surface area contributed by atoms with Crippen LogP contribution in [0.15, 0.2) is 84.0 Å². The van der Waals surface area contributed by atoms with Crippen LogP contribution in [-0.2, 0) is 11.3 Å². The van der Waals surface area contributed by atoms with E-state index in [1.165, 1.54) is 35.1 Å². The minimum absolute atomic E-state index is 0.0999. The second-order valence-electron chi connectivity index (χ2n) is 8.00. The number of likely N-dealkylation sites (N-methyl/N-ethyl adjacent to an activating group) is 1. The molecule has 0 aliphatic rings. The van der Waals surface area contributed by atoms with Gasteiger partial charge in [-0.15, -0.1) is 0 Å². The van der Waals surface area contributed by atoms with Gasteiger partial charge in [-0.25, -0.2) is 9.07 Å². The molecule has 0 fully saturated rings. The van der Waals surface area contributed by atoms with E-state index in [1.807, 2.05) is 30.3 Å². The maximum atomic E-state index is 13.3. The topological polar surface area (TPSA) is 98.0 Å². The van der Waals surface area contributed by atoms with Crippen LogP contribution < -0.4 is 16.2 Å². The average molecular weight is 474 g/mol. The zero-order valence-electron chi connectivity index (χ0n) is 19.2. The van der Waals surface area contributed by atoms with Gasteiger partial charge < -0.3 is 10.6 Å². The number of nitrogens with zero attached hydrogens (tertiary/aromatic N) is 3. The highest BCUT2D eigenvalue weighted by Gasteiger charge is 2.18. The molecule has 4 rings (SSSR count). The molecule has 1 amide bonds. The highest BCUT2D eigenvalue weighted by atomic mass is 19.1. The van der Waals surface area contributed by atoms with Crippen LogP contribution in [0.1, 0.15) is 28.4 Å². The largest absolute Gasteiger partial charge is 0.319 e. The lowest BCUT2D eigenvalue weighted by atomic mass is 10.0. The molecular weight excluding hydrogens is 449 g/mol. The molecule has 4 aromatic rings. The summed E-state index contributed by atoms with van der Waals surface area (Å²) in [6.45, 7) is 1.79. The van der Waals surface area contributed by atoms with Crippen LogP contribution >= 0.6 is 0 Å². The second kappa shape index (κ2) is 10.3. The lowest BCUT2D eigenvalue weighted by Crippen LogP contribution is -2.36. The highest BCUT2D eigenvalue weighted by molar-refractivity contribution is 6.08. The maximum Gasteiger partial charge on any atom is 0.291 e. The number of pyridine rings is 1. The van der Waals surface area contributed by atoms with E-state index in [9.17, 15) is 18.8 Å². The molecular formula is C26H24FN5O3. The Kier molecular flexibility index (Phi) is 6.98. The number of anilines is 1. The third-order valence-electron chi connectivity index (χ3n) is 5.58. The van der Waals surface area contributed by atoms with Gasteiger partial charge in [0.25, 0.3) is 5.56 Å². The number of para-hydroxylation sites is 1. The van der Waals surface area contributed by atoms with E-state index in [-0.39, 0.29) is 23.9 Å². The molecule has 178 valence electrons. The van der Waals surface area contributed by atoms with Crippen LogP contribution in [0.3, 0.4) is 0 Å². The fraction of sp³-hybridized carbons (Fsp3) is 0.154. The van der Waals surface area contributed by atoms with Crippen LogP contribution in [-0.4, -0.2) is 39.1 Å². The fourth-order valence-electron chi connectivity index (χ4n) is 3.52. The van der Waals surface area contributed by atoms with Gasteiger partial charge in [0.1, 0.15) is 11.5 Å². The molecule has 0 aliphatic heterocycles. The molecule has 2 heterocycles. The Morgan fingerprint density at radius 3 is 2.43 bits per heavy atom. The first-order valence-corrected chi connectivity index (χ1v) is 11.0. The minimum Gasteiger partial charge on any atom is -0.319 e. The number of halogens is 1. The Balaban J connectivity index is 1.70. The first-order chi connectivity index (χ1) is 16.9. The van der Waals surface area contributed by atoms with Crippen LogP contribution in [0.4, 0.5) is 10.1 Å². The van der Waals surface area contributed by atoms with E-state index in [0.717, 1.165) is 5.69 Å². The van der Waals surface area contributed by atoms with Gasteiger partial charge in [-0.3, -0.25) is 24.0 Å². The number of nitrogens with one attached hydrogen (secondary N) is 2. The summed E-state index contributed by atoms with van der Waals surface area (Å²) in [7, 11) is 1.66. The van der Waals surface area contributed by atoms with Gasteiger partial charge in [0.2, 0.25) is 5.91 Å². The summed E-state index contributed by atoms with van der Waals surface area (Å²) in [6, 6.07) is 15.7. The Morgan fingerprint density at radius 2 is 1.74 bits per heavy atom. The molecule has 35 heavy (non-hydrogen) atoms. The van der Waals surface area contributed by atoms with E-state index in [4.69, 9.17) is 0 Å². The van der Waals surface area contributed by atoms with E-state index >= 15 is 0 Å².